The second-order valence-electron chi connectivity index (χ2n) is 6.91. The van der Waals surface area contributed by atoms with E-state index in [1.165, 1.54) is 16.1 Å². The van der Waals surface area contributed by atoms with Gasteiger partial charge in [0.2, 0.25) is 0 Å². The molecule has 0 aliphatic rings. The highest BCUT2D eigenvalue weighted by molar-refractivity contribution is 9.11. The minimum absolute atomic E-state index is 0. The molecule has 0 atom stereocenters. The highest BCUT2D eigenvalue weighted by atomic mass is 79.9. The SMILES string of the molecule is Br.COc1ccc(N=c2scc(-c3ccc(Br)s3)n2CCc2ccc(OC)c(OC)c2)cc1. The third-order valence-corrected chi connectivity index (χ3v) is 7.50. The highest BCUT2D eigenvalue weighted by Crippen LogP contribution is 2.32. The number of aromatic nitrogens is 1. The summed E-state index contributed by atoms with van der Waals surface area (Å²) < 4.78 is 19.5. The summed E-state index contributed by atoms with van der Waals surface area (Å²) in [5, 5.41) is 2.18. The molecule has 0 fully saturated rings. The van der Waals surface area contributed by atoms with Crippen LogP contribution < -0.4 is 19.0 Å². The van der Waals surface area contributed by atoms with Crippen molar-refractivity contribution in [3.63, 3.8) is 0 Å². The number of hydrogen-bond donors (Lipinski definition) is 0. The quantitative estimate of drug-likeness (QED) is 0.213. The third kappa shape index (κ3) is 6.09. The number of nitrogens with zero attached hydrogens (tertiary/aromatic N) is 2. The zero-order valence-electron chi connectivity index (χ0n) is 18.4. The Bertz CT molecular complexity index is 1260. The van der Waals surface area contributed by atoms with Crippen LogP contribution in [0.3, 0.4) is 0 Å². The van der Waals surface area contributed by atoms with Gasteiger partial charge < -0.3 is 18.8 Å². The Balaban J connectivity index is 0.00000306. The summed E-state index contributed by atoms with van der Waals surface area (Å²) in [5.74, 6) is 2.30. The van der Waals surface area contributed by atoms with Crippen molar-refractivity contribution in [2.24, 2.45) is 4.99 Å². The molecule has 9 heteroatoms. The van der Waals surface area contributed by atoms with Crippen molar-refractivity contribution < 1.29 is 14.2 Å². The molecule has 2 aromatic heterocycles. The van der Waals surface area contributed by atoms with Gasteiger partial charge in [0.05, 0.1) is 41.4 Å². The first-order valence-electron chi connectivity index (χ1n) is 9.95. The molecule has 5 nitrogen and oxygen atoms in total. The number of thiophene rings is 1. The molecule has 174 valence electrons. The molecular weight excluding hydrogens is 588 g/mol. The number of aryl methyl sites for hydroxylation is 1. The van der Waals surface area contributed by atoms with Gasteiger partial charge >= 0.3 is 0 Å². The van der Waals surface area contributed by atoms with E-state index in [9.17, 15) is 0 Å². The fourth-order valence-electron chi connectivity index (χ4n) is 3.33. The summed E-state index contributed by atoms with van der Waals surface area (Å²) >= 11 is 6.95. The molecule has 2 aromatic carbocycles. The second-order valence-corrected chi connectivity index (χ2v) is 10.2. The summed E-state index contributed by atoms with van der Waals surface area (Å²) in [4.78, 5) is 7.08. The molecule has 0 unspecified atom stereocenters. The molecule has 2 heterocycles. The first kappa shape index (κ1) is 25.6. The van der Waals surface area contributed by atoms with E-state index in [1.807, 2.05) is 36.4 Å². The van der Waals surface area contributed by atoms with Gasteiger partial charge in [0.15, 0.2) is 16.3 Å². The van der Waals surface area contributed by atoms with Gasteiger partial charge in [-0.3, -0.25) is 0 Å². The molecule has 0 amide bonds. The molecule has 33 heavy (non-hydrogen) atoms. The molecule has 0 bridgehead atoms. The molecule has 0 saturated carbocycles. The van der Waals surface area contributed by atoms with Crippen LogP contribution >= 0.6 is 55.6 Å². The van der Waals surface area contributed by atoms with E-state index in [0.29, 0.717) is 0 Å². The molecule has 4 rings (SSSR count). The Kier molecular flexibility index (Phi) is 9.19. The lowest BCUT2D eigenvalue weighted by atomic mass is 10.1. The van der Waals surface area contributed by atoms with Crippen molar-refractivity contribution in [1.82, 2.24) is 4.57 Å². The summed E-state index contributed by atoms with van der Waals surface area (Å²) in [6, 6.07) is 18.1. The number of thiazole rings is 1. The minimum atomic E-state index is 0. The summed E-state index contributed by atoms with van der Waals surface area (Å²) in [7, 11) is 4.98. The average Bonchev–Trinajstić information content (AvgIpc) is 3.43. The van der Waals surface area contributed by atoms with Crippen LogP contribution in [0.15, 0.2) is 68.8 Å². The van der Waals surface area contributed by atoms with E-state index in [1.54, 1.807) is 44.0 Å². The third-order valence-electron chi connectivity index (χ3n) is 4.99. The average molecular weight is 612 g/mol. The van der Waals surface area contributed by atoms with Crippen LogP contribution in [0.4, 0.5) is 5.69 Å². The Morgan fingerprint density at radius 3 is 2.30 bits per heavy atom. The lowest BCUT2D eigenvalue weighted by Gasteiger charge is -2.11. The van der Waals surface area contributed by atoms with Crippen molar-refractivity contribution in [2.75, 3.05) is 21.3 Å². The van der Waals surface area contributed by atoms with Gasteiger partial charge in [-0.15, -0.1) is 39.7 Å². The Hall–Kier alpha value is -2.07. The number of rotatable bonds is 8. The van der Waals surface area contributed by atoms with E-state index in [4.69, 9.17) is 19.2 Å². The molecule has 0 aliphatic heterocycles. The first-order chi connectivity index (χ1) is 15.6. The molecule has 0 aliphatic carbocycles. The van der Waals surface area contributed by atoms with Crippen molar-refractivity contribution in [3.05, 3.63) is 74.1 Å². The largest absolute Gasteiger partial charge is 0.497 e. The van der Waals surface area contributed by atoms with Crippen LogP contribution in [-0.4, -0.2) is 25.9 Å². The zero-order valence-corrected chi connectivity index (χ0v) is 23.3. The maximum absolute atomic E-state index is 5.47. The van der Waals surface area contributed by atoms with E-state index in [0.717, 1.165) is 44.5 Å². The van der Waals surface area contributed by atoms with Gasteiger partial charge in [0, 0.05) is 11.9 Å². The molecule has 0 spiro atoms. The second kappa shape index (κ2) is 11.9. The van der Waals surface area contributed by atoms with Gasteiger partial charge in [-0.1, -0.05) is 6.07 Å². The fourth-order valence-corrected chi connectivity index (χ4v) is 5.76. The fraction of sp³-hybridized carbons (Fsp3) is 0.208. The van der Waals surface area contributed by atoms with Crippen LogP contribution in [0.25, 0.3) is 10.6 Å². The smallest absolute Gasteiger partial charge is 0.190 e. The highest BCUT2D eigenvalue weighted by Gasteiger charge is 2.12. The number of halogens is 2. The van der Waals surface area contributed by atoms with Crippen molar-refractivity contribution >= 4 is 61.3 Å². The van der Waals surface area contributed by atoms with Crippen molar-refractivity contribution in [3.8, 4) is 27.8 Å². The van der Waals surface area contributed by atoms with Gasteiger partial charge in [0.25, 0.3) is 0 Å². The van der Waals surface area contributed by atoms with Crippen LogP contribution in [0.5, 0.6) is 17.2 Å². The summed E-state index contributed by atoms with van der Waals surface area (Å²) in [6.07, 6.45) is 0.840. The number of benzene rings is 2. The maximum Gasteiger partial charge on any atom is 0.190 e. The first-order valence-corrected chi connectivity index (χ1v) is 12.4. The summed E-state index contributed by atoms with van der Waals surface area (Å²) in [5.41, 5.74) is 3.24. The number of ether oxygens (including phenoxy) is 3. The van der Waals surface area contributed by atoms with Crippen molar-refractivity contribution in [2.45, 2.75) is 13.0 Å². The number of methoxy groups -OCH3 is 3. The van der Waals surface area contributed by atoms with Gasteiger partial charge in [-0.2, -0.15) is 0 Å². The lowest BCUT2D eigenvalue weighted by Crippen LogP contribution is -2.17. The maximum atomic E-state index is 5.47. The monoisotopic (exact) mass is 610 g/mol. The van der Waals surface area contributed by atoms with E-state index >= 15 is 0 Å². The normalized spacial score (nSPS) is 11.2. The standard InChI is InChI=1S/C24H23BrN2O3S2.BrH/c1-28-18-7-5-17(6-8-18)26-24-27(19(15-31-24)22-10-11-23(25)32-22)13-12-16-4-9-20(29-2)21(14-16)30-3;/h4-11,14-15H,12-13H2,1-3H3;1H. The molecule has 4 aromatic rings. The van der Waals surface area contributed by atoms with Crippen LogP contribution in [0.1, 0.15) is 5.56 Å². The van der Waals surface area contributed by atoms with E-state index in [-0.39, 0.29) is 17.0 Å². The minimum Gasteiger partial charge on any atom is -0.497 e. The Labute approximate surface area is 220 Å². The van der Waals surface area contributed by atoms with Gasteiger partial charge in [-0.05, 0) is 76.4 Å². The summed E-state index contributed by atoms with van der Waals surface area (Å²) in [6.45, 7) is 0.790. The van der Waals surface area contributed by atoms with Crippen LogP contribution in [0.2, 0.25) is 0 Å². The van der Waals surface area contributed by atoms with Crippen LogP contribution in [-0.2, 0) is 13.0 Å². The topological polar surface area (TPSA) is 45.0 Å². The Morgan fingerprint density at radius 1 is 0.909 bits per heavy atom. The van der Waals surface area contributed by atoms with Gasteiger partial charge in [-0.25, -0.2) is 4.99 Å². The van der Waals surface area contributed by atoms with Crippen molar-refractivity contribution in [1.29, 1.82) is 0 Å². The zero-order chi connectivity index (χ0) is 22.5. The molecule has 0 radical (unpaired) electrons. The van der Waals surface area contributed by atoms with Crippen LogP contribution in [0, 0.1) is 0 Å². The predicted octanol–water partition coefficient (Wildman–Crippen LogP) is 7.12. The molecule has 0 N–H and O–H groups in total. The lowest BCUT2D eigenvalue weighted by molar-refractivity contribution is 0.354. The Morgan fingerprint density at radius 2 is 1.67 bits per heavy atom. The number of hydrogen-bond acceptors (Lipinski definition) is 6. The van der Waals surface area contributed by atoms with E-state index < -0.39 is 0 Å². The molecular formula is C24H24Br2N2O3S2. The van der Waals surface area contributed by atoms with Gasteiger partial charge in [0.1, 0.15) is 5.75 Å². The predicted molar refractivity (Wildman–Crippen MR) is 145 cm³/mol. The molecule has 0 saturated heterocycles. The van der Waals surface area contributed by atoms with E-state index in [2.05, 4.69) is 44.1 Å².